The van der Waals surface area contributed by atoms with Crippen molar-refractivity contribution in [1.29, 1.82) is 0 Å². The summed E-state index contributed by atoms with van der Waals surface area (Å²) in [5.41, 5.74) is 4.37. The number of carbonyl (C=O) groups excluding carboxylic acids is 2. The van der Waals surface area contributed by atoms with Crippen LogP contribution in [0.5, 0.6) is 0 Å². The van der Waals surface area contributed by atoms with Crippen molar-refractivity contribution in [2.45, 2.75) is 23.8 Å². The van der Waals surface area contributed by atoms with E-state index in [-0.39, 0.29) is 22.5 Å². The third-order valence-corrected chi connectivity index (χ3v) is 8.82. The number of nitrogens with two attached hydrogens (primary N) is 1. The average molecular weight is 587 g/mol. The fraction of sp³-hybridized carbons (Fsp3) is 0.172. The highest BCUT2D eigenvalue weighted by atomic mass is 32.2. The number of aromatic amines is 1. The Balaban J connectivity index is 1.12. The van der Waals surface area contributed by atoms with Crippen molar-refractivity contribution in [2.75, 3.05) is 12.3 Å². The molecule has 2 aliphatic rings. The largest absolute Gasteiger partial charge is 0.361 e. The molecule has 41 heavy (non-hydrogen) atoms. The molecule has 208 valence electrons. The van der Waals surface area contributed by atoms with Crippen LogP contribution >= 0.6 is 11.8 Å². The number of para-hydroxylation sites is 2. The number of sulfonamides is 1. The number of rotatable bonds is 8. The maximum Gasteiger partial charge on any atom is 0.259 e. The molecule has 0 bridgehead atoms. The molecule has 0 spiro atoms. The normalized spacial score (nSPS) is 16.3. The van der Waals surface area contributed by atoms with Crippen LogP contribution in [0.1, 0.15) is 16.7 Å². The lowest BCUT2D eigenvalue weighted by molar-refractivity contribution is -0.124. The zero-order valence-electron chi connectivity index (χ0n) is 21.8. The van der Waals surface area contributed by atoms with Crippen molar-refractivity contribution in [3.05, 3.63) is 95.7 Å². The second kappa shape index (κ2) is 11.0. The number of amidine groups is 2. The summed E-state index contributed by atoms with van der Waals surface area (Å²) in [6.45, 7) is 0.367. The standard InChI is InChI=1S/C29H26N6O4S2/c30-41(38,39)20-11-9-18(10-12-20)13-14-31-26(36)17-40-29-34-24-8-4-2-6-22(24)27-33-25(28(37)35(27)29)15-19-16-32-23-7-3-1-5-21(19)23/h1-12,16,25,32H,13-15,17H2,(H,31,36)(H2,30,38,39)/t25-/m1/s1. The summed E-state index contributed by atoms with van der Waals surface area (Å²) in [7, 11) is -3.75. The average Bonchev–Trinajstić information content (AvgIpc) is 3.53. The second-order valence-electron chi connectivity index (χ2n) is 9.69. The third-order valence-electron chi connectivity index (χ3n) is 6.96. The number of aromatic nitrogens is 1. The van der Waals surface area contributed by atoms with Crippen molar-refractivity contribution < 1.29 is 18.0 Å². The minimum Gasteiger partial charge on any atom is -0.361 e. The van der Waals surface area contributed by atoms with Crippen molar-refractivity contribution >= 4 is 61.2 Å². The molecule has 2 aliphatic heterocycles. The number of benzene rings is 3. The van der Waals surface area contributed by atoms with E-state index < -0.39 is 16.1 Å². The summed E-state index contributed by atoms with van der Waals surface area (Å²) in [4.78, 5) is 40.7. The minimum absolute atomic E-state index is 0.0413. The van der Waals surface area contributed by atoms with Gasteiger partial charge in [-0.15, -0.1) is 0 Å². The van der Waals surface area contributed by atoms with Gasteiger partial charge in [-0.05, 0) is 47.9 Å². The molecule has 1 aromatic heterocycles. The number of H-pyrrole nitrogens is 1. The number of hydrogen-bond acceptors (Lipinski definition) is 7. The van der Waals surface area contributed by atoms with Crippen LogP contribution in [-0.2, 0) is 32.5 Å². The van der Waals surface area contributed by atoms with Crippen LogP contribution in [0, 0.1) is 0 Å². The van der Waals surface area contributed by atoms with Gasteiger partial charge in [0.05, 0.1) is 16.3 Å². The predicted molar refractivity (Wildman–Crippen MR) is 160 cm³/mol. The van der Waals surface area contributed by atoms with E-state index in [1.165, 1.54) is 28.8 Å². The van der Waals surface area contributed by atoms with E-state index in [1.807, 2.05) is 54.7 Å². The topological polar surface area (TPSA) is 150 Å². The Morgan fingerprint density at radius 3 is 2.61 bits per heavy atom. The number of amides is 2. The number of aliphatic imine (C=N–C) groups is 2. The smallest absolute Gasteiger partial charge is 0.259 e. The maximum absolute atomic E-state index is 13.6. The second-order valence-corrected chi connectivity index (χ2v) is 12.2. The quantitative estimate of drug-likeness (QED) is 0.290. The highest BCUT2D eigenvalue weighted by molar-refractivity contribution is 8.14. The molecule has 0 saturated carbocycles. The Hall–Kier alpha value is -4.26. The van der Waals surface area contributed by atoms with Gasteiger partial charge in [0, 0.05) is 35.6 Å². The molecule has 1 atom stereocenters. The lowest BCUT2D eigenvalue weighted by Crippen LogP contribution is -2.42. The van der Waals surface area contributed by atoms with Crippen LogP contribution in [0.3, 0.4) is 0 Å². The van der Waals surface area contributed by atoms with Crippen LogP contribution in [0.4, 0.5) is 5.69 Å². The van der Waals surface area contributed by atoms with Gasteiger partial charge in [0.25, 0.3) is 5.91 Å². The van der Waals surface area contributed by atoms with E-state index in [2.05, 4.69) is 10.3 Å². The summed E-state index contributed by atoms with van der Waals surface area (Å²) >= 11 is 1.19. The molecule has 12 heteroatoms. The van der Waals surface area contributed by atoms with E-state index in [0.29, 0.717) is 36.1 Å². The van der Waals surface area contributed by atoms with Crippen LogP contribution in [0.25, 0.3) is 10.9 Å². The molecule has 10 nitrogen and oxygen atoms in total. The molecule has 0 fully saturated rings. The number of nitrogens with one attached hydrogen (secondary N) is 2. The van der Waals surface area contributed by atoms with Crippen molar-refractivity contribution in [3.8, 4) is 0 Å². The number of nitrogens with zero attached hydrogens (tertiary/aromatic N) is 3. The highest BCUT2D eigenvalue weighted by Crippen LogP contribution is 2.34. The molecule has 4 N–H and O–H groups in total. The summed E-state index contributed by atoms with van der Waals surface area (Å²) in [6, 6.07) is 21.1. The van der Waals surface area contributed by atoms with E-state index in [4.69, 9.17) is 15.1 Å². The van der Waals surface area contributed by atoms with Gasteiger partial charge in [-0.1, -0.05) is 54.2 Å². The lowest BCUT2D eigenvalue weighted by atomic mass is 10.1. The van der Waals surface area contributed by atoms with Gasteiger partial charge < -0.3 is 10.3 Å². The summed E-state index contributed by atoms with van der Waals surface area (Å²) in [5.74, 6) is 0.235. The highest BCUT2D eigenvalue weighted by Gasteiger charge is 2.41. The SMILES string of the molecule is NS(=O)(=O)c1ccc(CCNC(=O)CSC2=Nc3ccccc3C3=N[C@H](Cc4c[nH]c5ccccc45)C(=O)N23)cc1. The monoisotopic (exact) mass is 586 g/mol. The molecule has 0 radical (unpaired) electrons. The third kappa shape index (κ3) is 5.53. The van der Waals surface area contributed by atoms with Gasteiger partial charge in [-0.25, -0.2) is 23.4 Å². The van der Waals surface area contributed by atoms with E-state index in [0.717, 1.165) is 27.6 Å². The Kier molecular flexibility index (Phi) is 7.20. The first-order chi connectivity index (χ1) is 19.8. The molecular formula is C29H26N6O4S2. The Bertz CT molecular complexity index is 1830. The van der Waals surface area contributed by atoms with Gasteiger partial charge in [0.1, 0.15) is 11.9 Å². The summed E-state index contributed by atoms with van der Waals surface area (Å²) in [6.07, 6.45) is 2.89. The molecule has 6 rings (SSSR count). The molecule has 4 aromatic rings. The molecule has 0 saturated heterocycles. The summed E-state index contributed by atoms with van der Waals surface area (Å²) in [5, 5.41) is 9.48. The number of thioether (sulfide) groups is 1. The van der Waals surface area contributed by atoms with Crippen molar-refractivity contribution in [3.63, 3.8) is 0 Å². The van der Waals surface area contributed by atoms with Crippen LogP contribution in [-0.4, -0.2) is 59.5 Å². The molecule has 0 unspecified atom stereocenters. The van der Waals surface area contributed by atoms with Crippen LogP contribution < -0.4 is 10.5 Å². The van der Waals surface area contributed by atoms with E-state index >= 15 is 0 Å². The Morgan fingerprint density at radius 1 is 1.05 bits per heavy atom. The molecule has 0 aliphatic carbocycles. The first kappa shape index (κ1) is 26.9. The number of hydrogen-bond donors (Lipinski definition) is 3. The molecule has 2 amide bonds. The number of carbonyl (C=O) groups is 2. The Labute approximate surface area is 240 Å². The van der Waals surface area contributed by atoms with Gasteiger partial charge in [0.2, 0.25) is 15.9 Å². The van der Waals surface area contributed by atoms with Gasteiger partial charge >= 0.3 is 0 Å². The predicted octanol–water partition coefficient (Wildman–Crippen LogP) is 3.11. The molecule has 3 heterocycles. The minimum atomic E-state index is -3.75. The van der Waals surface area contributed by atoms with Gasteiger partial charge in [-0.2, -0.15) is 0 Å². The van der Waals surface area contributed by atoms with E-state index in [1.54, 1.807) is 12.1 Å². The Morgan fingerprint density at radius 2 is 1.80 bits per heavy atom. The first-order valence-electron chi connectivity index (χ1n) is 12.9. The summed E-state index contributed by atoms with van der Waals surface area (Å²) < 4.78 is 22.8. The fourth-order valence-corrected chi connectivity index (χ4v) is 6.26. The van der Waals surface area contributed by atoms with Crippen molar-refractivity contribution in [1.82, 2.24) is 15.2 Å². The van der Waals surface area contributed by atoms with E-state index in [9.17, 15) is 18.0 Å². The maximum atomic E-state index is 13.6. The van der Waals surface area contributed by atoms with Gasteiger partial charge in [-0.3, -0.25) is 14.6 Å². The zero-order chi connectivity index (χ0) is 28.6. The van der Waals surface area contributed by atoms with Crippen molar-refractivity contribution in [2.24, 2.45) is 15.1 Å². The lowest BCUT2D eigenvalue weighted by Gasteiger charge is -2.25. The van der Waals surface area contributed by atoms with Crippen LogP contribution in [0.15, 0.2) is 93.9 Å². The number of fused-ring (bicyclic) bond motifs is 4. The molecule has 3 aromatic carbocycles. The molecular weight excluding hydrogens is 560 g/mol. The first-order valence-corrected chi connectivity index (χ1v) is 15.5. The van der Waals surface area contributed by atoms with Gasteiger partial charge in [0.15, 0.2) is 5.17 Å². The van der Waals surface area contributed by atoms with Crippen LogP contribution in [0.2, 0.25) is 0 Å². The number of primary sulfonamides is 1. The zero-order valence-corrected chi connectivity index (χ0v) is 23.4. The fourth-order valence-electron chi connectivity index (χ4n) is 4.91.